The van der Waals surface area contributed by atoms with Gasteiger partial charge in [0.25, 0.3) is 5.91 Å². The number of carbonyl (C=O) groups excluding carboxylic acids is 2. The van der Waals surface area contributed by atoms with Crippen molar-refractivity contribution in [3.05, 3.63) is 65.9 Å². The van der Waals surface area contributed by atoms with Crippen molar-refractivity contribution in [2.45, 2.75) is 6.42 Å². The SMILES string of the molecule is COc1ccc(CCNC(=O)COC(=O)c2cc3ccccc3o2)cc1. The number of hydrogen-bond donors (Lipinski definition) is 1. The van der Waals surface area contributed by atoms with Crippen LogP contribution in [0.3, 0.4) is 0 Å². The Balaban J connectivity index is 1.42. The smallest absolute Gasteiger partial charge is 0.374 e. The zero-order valence-corrected chi connectivity index (χ0v) is 14.4. The summed E-state index contributed by atoms with van der Waals surface area (Å²) in [6.07, 6.45) is 0.674. The average molecular weight is 353 g/mol. The van der Waals surface area contributed by atoms with Gasteiger partial charge in [-0.2, -0.15) is 0 Å². The van der Waals surface area contributed by atoms with Crippen LogP contribution >= 0.6 is 0 Å². The summed E-state index contributed by atoms with van der Waals surface area (Å²) in [5.74, 6) is -0.151. The number of rotatable bonds is 7. The molecule has 1 heterocycles. The van der Waals surface area contributed by atoms with E-state index in [1.807, 2.05) is 42.5 Å². The quantitative estimate of drug-likeness (QED) is 0.661. The highest BCUT2D eigenvalue weighted by atomic mass is 16.5. The number of hydrogen-bond acceptors (Lipinski definition) is 5. The predicted molar refractivity (Wildman–Crippen MR) is 96.2 cm³/mol. The largest absolute Gasteiger partial charge is 0.497 e. The van der Waals surface area contributed by atoms with Crippen molar-refractivity contribution in [2.24, 2.45) is 0 Å². The van der Waals surface area contributed by atoms with E-state index < -0.39 is 5.97 Å². The third-order valence-corrected chi connectivity index (χ3v) is 3.86. The second kappa shape index (κ2) is 8.20. The lowest BCUT2D eigenvalue weighted by atomic mass is 10.1. The second-order valence-electron chi connectivity index (χ2n) is 5.67. The molecule has 0 bridgehead atoms. The first-order chi connectivity index (χ1) is 12.7. The normalized spacial score (nSPS) is 10.5. The maximum absolute atomic E-state index is 12.0. The molecular formula is C20H19NO5. The molecule has 2 aromatic carbocycles. The fourth-order valence-electron chi connectivity index (χ4n) is 2.47. The molecule has 0 fully saturated rings. The first-order valence-corrected chi connectivity index (χ1v) is 8.21. The number of carbonyl (C=O) groups is 2. The van der Waals surface area contributed by atoms with Crippen LogP contribution in [0.1, 0.15) is 16.1 Å². The minimum Gasteiger partial charge on any atom is -0.497 e. The molecule has 6 nitrogen and oxygen atoms in total. The summed E-state index contributed by atoms with van der Waals surface area (Å²) in [7, 11) is 1.61. The van der Waals surface area contributed by atoms with Gasteiger partial charge in [-0.15, -0.1) is 0 Å². The molecule has 3 aromatic rings. The molecule has 3 rings (SSSR count). The Labute approximate surface area is 150 Å². The van der Waals surface area contributed by atoms with Crippen LogP contribution < -0.4 is 10.1 Å². The number of benzene rings is 2. The lowest BCUT2D eigenvalue weighted by Gasteiger charge is -2.06. The van der Waals surface area contributed by atoms with Crippen LogP contribution in [0.5, 0.6) is 5.75 Å². The number of ether oxygens (including phenoxy) is 2. The van der Waals surface area contributed by atoms with Gasteiger partial charge in [-0.25, -0.2) is 4.79 Å². The fourth-order valence-corrected chi connectivity index (χ4v) is 2.47. The number of para-hydroxylation sites is 1. The first-order valence-electron chi connectivity index (χ1n) is 8.21. The Morgan fingerprint density at radius 1 is 1.08 bits per heavy atom. The van der Waals surface area contributed by atoms with Crippen molar-refractivity contribution in [3.63, 3.8) is 0 Å². The van der Waals surface area contributed by atoms with Crippen LogP contribution in [0.2, 0.25) is 0 Å². The van der Waals surface area contributed by atoms with E-state index in [9.17, 15) is 9.59 Å². The molecule has 26 heavy (non-hydrogen) atoms. The molecule has 0 saturated carbocycles. The summed E-state index contributed by atoms with van der Waals surface area (Å²) in [6.45, 7) is 0.103. The molecule has 0 atom stereocenters. The van der Waals surface area contributed by atoms with Gasteiger partial charge in [0.15, 0.2) is 6.61 Å². The lowest BCUT2D eigenvalue weighted by molar-refractivity contribution is -0.124. The van der Waals surface area contributed by atoms with Gasteiger partial charge >= 0.3 is 5.97 Å². The molecule has 0 aliphatic heterocycles. The van der Waals surface area contributed by atoms with Crippen molar-refractivity contribution in [2.75, 3.05) is 20.3 Å². The maximum atomic E-state index is 12.0. The minimum absolute atomic E-state index is 0.0808. The number of furan rings is 1. The van der Waals surface area contributed by atoms with Crippen molar-refractivity contribution in [1.29, 1.82) is 0 Å². The van der Waals surface area contributed by atoms with E-state index in [0.29, 0.717) is 18.5 Å². The molecule has 0 unspecified atom stereocenters. The van der Waals surface area contributed by atoms with E-state index >= 15 is 0 Å². The number of esters is 1. The summed E-state index contributed by atoms with van der Waals surface area (Å²) >= 11 is 0. The highest BCUT2D eigenvalue weighted by Gasteiger charge is 2.15. The predicted octanol–water partition coefficient (Wildman–Crippen LogP) is 2.96. The highest BCUT2D eigenvalue weighted by Crippen LogP contribution is 2.19. The summed E-state index contributed by atoms with van der Waals surface area (Å²) in [5, 5.41) is 3.52. The number of nitrogens with one attached hydrogen (secondary N) is 1. The van der Waals surface area contributed by atoms with Gasteiger partial charge in [-0.3, -0.25) is 4.79 Å². The van der Waals surface area contributed by atoms with Crippen molar-refractivity contribution < 1.29 is 23.5 Å². The zero-order chi connectivity index (χ0) is 18.4. The van der Waals surface area contributed by atoms with Crippen LogP contribution in [0.25, 0.3) is 11.0 Å². The second-order valence-corrected chi connectivity index (χ2v) is 5.67. The Morgan fingerprint density at radius 2 is 1.85 bits per heavy atom. The van der Waals surface area contributed by atoms with Gasteiger partial charge in [0.05, 0.1) is 7.11 Å². The molecular weight excluding hydrogens is 334 g/mol. The van der Waals surface area contributed by atoms with E-state index in [-0.39, 0.29) is 18.3 Å². The summed E-state index contributed by atoms with van der Waals surface area (Å²) in [6, 6.07) is 16.5. The third-order valence-electron chi connectivity index (χ3n) is 3.86. The van der Waals surface area contributed by atoms with E-state index in [1.54, 1.807) is 19.2 Å². The van der Waals surface area contributed by atoms with Crippen LogP contribution in [0.4, 0.5) is 0 Å². The van der Waals surface area contributed by atoms with Gasteiger partial charge < -0.3 is 19.2 Å². The first kappa shape index (κ1) is 17.5. The summed E-state index contributed by atoms with van der Waals surface area (Å²) < 4.78 is 15.5. The van der Waals surface area contributed by atoms with E-state index in [4.69, 9.17) is 13.9 Å². The standard InChI is InChI=1S/C20H19NO5/c1-24-16-8-6-14(7-9-16)10-11-21-19(22)13-25-20(23)18-12-15-4-2-3-5-17(15)26-18/h2-9,12H,10-11,13H2,1H3,(H,21,22). The third kappa shape index (κ3) is 4.42. The Kier molecular flexibility index (Phi) is 5.53. The van der Waals surface area contributed by atoms with Gasteiger partial charge in [0, 0.05) is 11.9 Å². The van der Waals surface area contributed by atoms with Gasteiger partial charge in [-0.1, -0.05) is 30.3 Å². The van der Waals surface area contributed by atoms with Gasteiger partial charge in [0.1, 0.15) is 11.3 Å². The van der Waals surface area contributed by atoms with E-state index in [2.05, 4.69) is 5.32 Å². The topological polar surface area (TPSA) is 77.8 Å². The molecule has 0 spiro atoms. The van der Waals surface area contributed by atoms with Crippen molar-refractivity contribution in [3.8, 4) is 5.75 Å². The molecule has 1 amide bonds. The van der Waals surface area contributed by atoms with Crippen LogP contribution in [-0.4, -0.2) is 32.1 Å². The highest BCUT2D eigenvalue weighted by molar-refractivity contribution is 5.93. The van der Waals surface area contributed by atoms with Crippen LogP contribution in [0.15, 0.2) is 59.0 Å². The average Bonchev–Trinajstić information content (AvgIpc) is 3.11. The van der Waals surface area contributed by atoms with Crippen molar-refractivity contribution in [1.82, 2.24) is 5.32 Å². The molecule has 0 saturated heterocycles. The minimum atomic E-state index is -0.661. The summed E-state index contributed by atoms with van der Waals surface area (Å²) in [5.41, 5.74) is 1.67. The molecule has 0 aliphatic carbocycles. The van der Waals surface area contributed by atoms with E-state index in [1.165, 1.54) is 0 Å². The van der Waals surface area contributed by atoms with Gasteiger partial charge in [0.2, 0.25) is 5.76 Å². The molecule has 1 N–H and O–H groups in total. The Hall–Kier alpha value is -3.28. The summed E-state index contributed by atoms with van der Waals surface area (Å²) in [4.78, 5) is 23.8. The Bertz CT molecular complexity index is 865. The molecule has 134 valence electrons. The number of methoxy groups -OCH3 is 1. The maximum Gasteiger partial charge on any atom is 0.374 e. The Morgan fingerprint density at radius 3 is 2.58 bits per heavy atom. The number of amides is 1. The van der Waals surface area contributed by atoms with E-state index in [0.717, 1.165) is 16.7 Å². The van der Waals surface area contributed by atoms with Gasteiger partial charge in [-0.05, 0) is 36.2 Å². The van der Waals surface area contributed by atoms with Crippen molar-refractivity contribution >= 4 is 22.8 Å². The monoisotopic (exact) mass is 353 g/mol. The fraction of sp³-hybridized carbons (Fsp3) is 0.200. The molecule has 0 aliphatic rings. The molecule has 0 radical (unpaired) electrons. The number of fused-ring (bicyclic) bond motifs is 1. The lowest BCUT2D eigenvalue weighted by Crippen LogP contribution is -2.30. The molecule has 6 heteroatoms. The zero-order valence-electron chi connectivity index (χ0n) is 14.4. The molecule has 1 aromatic heterocycles. The van der Waals surface area contributed by atoms with Crippen LogP contribution in [0, 0.1) is 0 Å². The van der Waals surface area contributed by atoms with Crippen LogP contribution in [-0.2, 0) is 16.0 Å².